The van der Waals surface area contributed by atoms with E-state index in [1.54, 1.807) is 36.5 Å². The van der Waals surface area contributed by atoms with Gasteiger partial charge in [-0.3, -0.25) is 14.7 Å². The van der Waals surface area contributed by atoms with Crippen molar-refractivity contribution in [1.82, 2.24) is 15.2 Å². The van der Waals surface area contributed by atoms with Crippen LogP contribution in [0, 0.1) is 19.7 Å². The van der Waals surface area contributed by atoms with Gasteiger partial charge >= 0.3 is 5.97 Å². The first-order valence-corrected chi connectivity index (χ1v) is 21.2. The van der Waals surface area contributed by atoms with E-state index in [-0.39, 0.29) is 24.7 Å². The average molecular weight is 859 g/mol. The Labute approximate surface area is 365 Å². The van der Waals surface area contributed by atoms with Crippen LogP contribution >= 0.6 is 23.2 Å². The van der Waals surface area contributed by atoms with Crippen molar-refractivity contribution in [2.24, 2.45) is 0 Å². The van der Waals surface area contributed by atoms with Crippen LogP contribution in [0.15, 0.2) is 115 Å². The van der Waals surface area contributed by atoms with Crippen molar-refractivity contribution in [1.29, 1.82) is 0 Å². The number of hydrogen-bond donors (Lipinski definition) is 2. The Morgan fingerprint density at radius 3 is 2.43 bits per heavy atom. The van der Waals surface area contributed by atoms with Crippen molar-refractivity contribution >= 4 is 35.1 Å². The number of aliphatic carboxylic acids is 1. The van der Waals surface area contributed by atoms with Gasteiger partial charge in [-0.15, -0.1) is 0 Å². The molecular formula is C50H46Cl2FN3O5. The third-order valence-corrected chi connectivity index (χ3v) is 12.7. The highest BCUT2D eigenvalue weighted by molar-refractivity contribution is 6.42. The van der Waals surface area contributed by atoms with Gasteiger partial charge in [-0.2, -0.15) is 0 Å². The van der Waals surface area contributed by atoms with Crippen LogP contribution in [-0.4, -0.2) is 45.6 Å². The molecule has 0 saturated heterocycles. The number of carbonyl (C=O) groups is 2. The molecule has 1 unspecified atom stereocenters. The lowest BCUT2D eigenvalue weighted by Crippen LogP contribution is -2.54. The molecule has 61 heavy (non-hydrogen) atoms. The zero-order valence-electron chi connectivity index (χ0n) is 34.0. The van der Waals surface area contributed by atoms with Gasteiger partial charge in [0.1, 0.15) is 30.0 Å². The third-order valence-electron chi connectivity index (χ3n) is 12.0. The van der Waals surface area contributed by atoms with E-state index in [1.807, 2.05) is 73.3 Å². The number of fused-ring (bicyclic) bond motifs is 2. The summed E-state index contributed by atoms with van der Waals surface area (Å²) in [6.07, 6.45) is 3.76. The minimum atomic E-state index is -1.17. The Kier molecular flexibility index (Phi) is 12.7. The zero-order valence-corrected chi connectivity index (χ0v) is 35.5. The number of carbonyl (C=O) groups excluding carboxylic acids is 1. The summed E-state index contributed by atoms with van der Waals surface area (Å²) >= 11 is 12.2. The number of ether oxygens (including phenoxy) is 2. The van der Waals surface area contributed by atoms with Gasteiger partial charge in [0.2, 0.25) is 5.91 Å². The summed E-state index contributed by atoms with van der Waals surface area (Å²) in [6, 6.07) is 32.1. The number of halogens is 3. The smallest absolute Gasteiger partial charge is 0.326 e. The molecule has 0 radical (unpaired) electrons. The van der Waals surface area contributed by atoms with Gasteiger partial charge in [0.25, 0.3) is 0 Å². The molecule has 5 aromatic carbocycles. The molecule has 2 aliphatic rings. The van der Waals surface area contributed by atoms with Gasteiger partial charge in [-0.05, 0) is 132 Å². The van der Waals surface area contributed by atoms with E-state index < -0.39 is 24.0 Å². The van der Waals surface area contributed by atoms with Crippen LogP contribution in [0.3, 0.4) is 0 Å². The fourth-order valence-corrected chi connectivity index (χ4v) is 8.68. The van der Waals surface area contributed by atoms with Crippen LogP contribution < -0.4 is 14.8 Å². The third kappa shape index (κ3) is 9.75. The highest BCUT2D eigenvalue weighted by atomic mass is 35.5. The van der Waals surface area contributed by atoms with E-state index in [0.29, 0.717) is 41.8 Å². The summed E-state index contributed by atoms with van der Waals surface area (Å²) < 4.78 is 27.5. The standard InChI is InChI=1S/C50H46Cl2FN3O5/c1-30-31(2)54-19-17-42(30)35-10-7-32(8-11-35)22-46(50(58)59)55-49(57)47-25-38-26-48-39(24-40(38)28-56(47)27-37-5-3-4-6-45(37)53)23-36(18-20-60-48)34-12-14-41(15-13-34)61-29-33-9-16-43(51)44(52)21-33/h3-17,19,21,24,26,36,46-47H,18,20,22-23,25,27-29H2,1-2H3,(H,55,57)(H,58,59)/t36?,46-,47-/m0/s1. The molecule has 312 valence electrons. The van der Waals surface area contributed by atoms with E-state index in [9.17, 15) is 14.7 Å². The molecule has 8 nitrogen and oxygen atoms in total. The summed E-state index contributed by atoms with van der Waals surface area (Å²) in [5.74, 6) is -0.178. The number of carboxylic acid groups (broad SMARTS) is 1. The van der Waals surface area contributed by atoms with E-state index in [2.05, 4.69) is 28.5 Å². The predicted octanol–water partition coefficient (Wildman–Crippen LogP) is 10.2. The van der Waals surface area contributed by atoms with Crippen molar-refractivity contribution in [3.63, 3.8) is 0 Å². The molecule has 2 N–H and O–H groups in total. The lowest BCUT2D eigenvalue weighted by atomic mass is 9.86. The van der Waals surface area contributed by atoms with Crippen molar-refractivity contribution in [2.45, 2.75) is 77.2 Å². The molecular weight excluding hydrogens is 812 g/mol. The molecule has 6 aromatic rings. The molecule has 3 atom stereocenters. The number of benzene rings is 5. The first kappa shape index (κ1) is 42.0. The highest BCUT2D eigenvalue weighted by Gasteiger charge is 2.35. The number of aryl methyl sites for hydroxylation is 1. The maximum Gasteiger partial charge on any atom is 0.326 e. The Balaban J connectivity index is 0.988. The van der Waals surface area contributed by atoms with Gasteiger partial charge < -0.3 is 19.9 Å². The molecule has 0 fully saturated rings. The van der Waals surface area contributed by atoms with Crippen LogP contribution in [-0.2, 0) is 48.5 Å². The number of amides is 1. The van der Waals surface area contributed by atoms with E-state index in [1.165, 1.54) is 11.6 Å². The van der Waals surface area contributed by atoms with Crippen molar-refractivity contribution in [3.8, 4) is 22.6 Å². The number of nitrogens with zero attached hydrogens (tertiary/aromatic N) is 2. The minimum absolute atomic E-state index is 0.101. The quantitative estimate of drug-likeness (QED) is 0.126. The molecule has 0 aliphatic carbocycles. The van der Waals surface area contributed by atoms with Crippen LogP contribution in [0.5, 0.6) is 11.5 Å². The lowest BCUT2D eigenvalue weighted by molar-refractivity contribution is -0.142. The summed E-state index contributed by atoms with van der Waals surface area (Å²) in [5.41, 5.74) is 10.5. The molecule has 0 spiro atoms. The maximum absolute atomic E-state index is 15.1. The normalized spacial score (nSPS) is 16.7. The molecule has 1 amide bonds. The number of rotatable bonds is 12. The van der Waals surface area contributed by atoms with E-state index in [4.69, 9.17) is 32.7 Å². The number of hydrogen-bond acceptors (Lipinski definition) is 6. The molecule has 1 aromatic heterocycles. The Bertz CT molecular complexity index is 2570. The highest BCUT2D eigenvalue weighted by Crippen LogP contribution is 2.38. The van der Waals surface area contributed by atoms with Gasteiger partial charge in [-0.25, -0.2) is 9.18 Å². The molecule has 0 bridgehead atoms. The summed E-state index contributed by atoms with van der Waals surface area (Å²) in [5, 5.41) is 14.2. The summed E-state index contributed by atoms with van der Waals surface area (Å²) in [6.45, 7) is 5.43. The maximum atomic E-state index is 15.1. The van der Waals surface area contributed by atoms with Crippen molar-refractivity contribution < 1.29 is 28.6 Å². The van der Waals surface area contributed by atoms with Gasteiger partial charge in [0.15, 0.2) is 0 Å². The van der Waals surface area contributed by atoms with E-state index >= 15 is 4.39 Å². The largest absolute Gasteiger partial charge is 0.493 e. The number of pyridine rings is 1. The average Bonchev–Trinajstić information content (AvgIpc) is 3.47. The Hall–Kier alpha value is -5.74. The number of aromatic nitrogens is 1. The molecule has 11 heteroatoms. The molecule has 3 heterocycles. The van der Waals surface area contributed by atoms with Crippen LogP contribution in [0.4, 0.5) is 4.39 Å². The van der Waals surface area contributed by atoms with Crippen LogP contribution in [0.25, 0.3) is 11.1 Å². The number of carboxylic acids is 1. The van der Waals surface area contributed by atoms with Crippen LogP contribution in [0.2, 0.25) is 10.0 Å². The predicted molar refractivity (Wildman–Crippen MR) is 236 cm³/mol. The molecule has 0 saturated carbocycles. The summed E-state index contributed by atoms with van der Waals surface area (Å²) in [7, 11) is 0. The summed E-state index contributed by atoms with van der Waals surface area (Å²) in [4.78, 5) is 33.2. The number of nitrogens with one attached hydrogen (secondary N) is 1. The Morgan fingerprint density at radius 2 is 1.67 bits per heavy atom. The van der Waals surface area contributed by atoms with E-state index in [0.717, 1.165) is 74.5 Å². The van der Waals surface area contributed by atoms with Crippen LogP contribution in [0.1, 0.15) is 62.5 Å². The second kappa shape index (κ2) is 18.5. The van der Waals surface area contributed by atoms with Crippen molar-refractivity contribution in [3.05, 3.63) is 181 Å². The first-order valence-electron chi connectivity index (χ1n) is 20.5. The molecule has 2 aliphatic heterocycles. The monoisotopic (exact) mass is 857 g/mol. The fourth-order valence-electron chi connectivity index (χ4n) is 8.36. The van der Waals surface area contributed by atoms with Crippen molar-refractivity contribution in [2.75, 3.05) is 6.61 Å². The second-order valence-electron chi connectivity index (χ2n) is 16.0. The SMILES string of the molecule is Cc1nccc(-c2ccc(C[C@H](NC(=O)[C@@H]3Cc4cc5c(cc4CN3Cc3ccccc3F)CC(c3ccc(OCc4ccc(Cl)c(Cl)c4)cc3)CCO5)C(=O)O)cc2)c1C. The Morgan fingerprint density at radius 1 is 0.902 bits per heavy atom. The lowest BCUT2D eigenvalue weighted by Gasteiger charge is -2.37. The van der Waals surface area contributed by atoms with Gasteiger partial charge in [-0.1, -0.05) is 89.9 Å². The second-order valence-corrected chi connectivity index (χ2v) is 16.8. The zero-order chi connectivity index (χ0) is 42.6. The molecule has 8 rings (SSSR count). The first-order chi connectivity index (χ1) is 29.5. The minimum Gasteiger partial charge on any atom is -0.493 e. The topological polar surface area (TPSA) is 101 Å². The fraction of sp³-hybridized carbons (Fsp3) is 0.260. The van der Waals surface area contributed by atoms with Gasteiger partial charge in [0, 0.05) is 37.0 Å². The van der Waals surface area contributed by atoms with Gasteiger partial charge in [0.05, 0.1) is 22.7 Å².